The van der Waals surface area contributed by atoms with Crippen molar-refractivity contribution >= 4 is 5.91 Å². The quantitative estimate of drug-likeness (QED) is 0.874. The van der Waals surface area contributed by atoms with Gasteiger partial charge >= 0.3 is 0 Å². The molecule has 1 aliphatic heterocycles. The van der Waals surface area contributed by atoms with Gasteiger partial charge in [-0.05, 0) is 37.1 Å². The molecule has 19 heavy (non-hydrogen) atoms. The summed E-state index contributed by atoms with van der Waals surface area (Å²) in [6, 6.07) is 7.07. The van der Waals surface area contributed by atoms with Crippen molar-refractivity contribution in [3.63, 3.8) is 0 Å². The number of amides is 1. The lowest BCUT2D eigenvalue weighted by Gasteiger charge is -2.37. The number of hydrogen-bond acceptors (Lipinski definition) is 3. The highest BCUT2D eigenvalue weighted by Crippen LogP contribution is 2.20. The summed E-state index contributed by atoms with van der Waals surface area (Å²) in [7, 11) is 0. The standard InChI is InChI=1S/C15H22N2O2/c1-3-16-14-7-8-17(10-11(14)2)15(19)12-5-4-6-13(18)9-12/h4-6,9,11,14,16,18H,3,7-8,10H2,1-2H3. The highest BCUT2D eigenvalue weighted by atomic mass is 16.3. The van der Waals surface area contributed by atoms with Crippen LogP contribution in [0, 0.1) is 5.92 Å². The molecule has 2 rings (SSSR count). The van der Waals surface area contributed by atoms with Crippen LogP contribution in [0.1, 0.15) is 30.6 Å². The summed E-state index contributed by atoms with van der Waals surface area (Å²) < 4.78 is 0. The van der Waals surface area contributed by atoms with Gasteiger partial charge in [0.05, 0.1) is 0 Å². The van der Waals surface area contributed by atoms with E-state index in [2.05, 4.69) is 19.2 Å². The second kappa shape index (κ2) is 6.06. The molecule has 1 aliphatic rings. The van der Waals surface area contributed by atoms with Gasteiger partial charge in [0.1, 0.15) is 5.75 Å². The lowest BCUT2D eigenvalue weighted by Crippen LogP contribution is -2.50. The minimum atomic E-state index is 0.0118. The number of phenols is 1. The number of carbonyl (C=O) groups excluding carboxylic acids is 1. The summed E-state index contributed by atoms with van der Waals surface area (Å²) in [5.41, 5.74) is 0.564. The van der Waals surface area contributed by atoms with E-state index in [1.165, 1.54) is 6.07 Å². The maximum atomic E-state index is 12.4. The first-order valence-electron chi connectivity index (χ1n) is 6.93. The Bertz CT molecular complexity index is 448. The van der Waals surface area contributed by atoms with Crippen LogP contribution in [-0.2, 0) is 0 Å². The van der Waals surface area contributed by atoms with Gasteiger partial charge in [0.25, 0.3) is 5.91 Å². The number of benzene rings is 1. The van der Waals surface area contributed by atoms with Crippen LogP contribution in [-0.4, -0.2) is 41.6 Å². The summed E-state index contributed by atoms with van der Waals surface area (Å²) in [5, 5.41) is 12.9. The van der Waals surface area contributed by atoms with Crippen LogP contribution in [0.3, 0.4) is 0 Å². The number of rotatable bonds is 3. The average Bonchev–Trinajstić information content (AvgIpc) is 2.40. The number of nitrogens with zero attached hydrogens (tertiary/aromatic N) is 1. The van der Waals surface area contributed by atoms with Crippen molar-refractivity contribution in [2.75, 3.05) is 19.6 Å². The fourth-order valence-corrected chi connectivity index (χ4v) is 2.72. The Morgan fingerprint density at radius 2 is 2.32 bits per heavy atom. The van der Waals surface area contributed by atoms with E-state index in [0.29, 0.717) is 17.5 Å². The smallest absolute Gasteiger partial charge is 0.253 e. The van der Waals surface area contributed by atoms with Gasteiger partial charge in [-0.25, -0.2) is 0 Å². The van der Waals surface area contributed by atoms with E-state index in [9.17, 15) is 9.90 Å². The Balaban J connectivity index is 2.02. The molecule has 1 amide bonds. The fourth-order valence-electron chi connectivity index (χ4n) is 2.72. The minimum Gasteiger partial charge on any atom is -0.508 e. The topological polar surface area (TPSA) is 52.6 Å². The largest absolute Gasteiger partial charge is 0.508 e. The third-order valence-corrected chi connectivity index (χ3v) is 3.75. The van der Waals surface area contributed by atoms with Gasteiger partial charge in [-0.15, -0.1) is 0 Å². The van der Waals surface area contributed by atoms with Crippen LogP contribution in [0.4, 0.5) is 0 Å². The summed E-state index contributed by atoms with van der Waals surface area (Å²) in [5.74, 6) is 0.606. The van der Waals surface area contributed by atoms with Crippen LogP contribution in [0.25, 0.3) is 0 Å². The molecule has 1 fully saturated rings. The first-order valence-corrected chi connectivity index (χ1v) is 6.93. The SMILES string of the molecule is CCNC1CCN(C(=O)c2cccc(O)c2)CC1C. The predicted molar refractivity (Wildman–Crippen MR) is 75.3 cm³/mol. The second-order valence-electron chi connectivity index (χ2n) is 5.23. The second-order valence-corrected chi connectivity index (χ2v) is 5.23. The van der Waals surface area contributed by atoms with E-state index in [1.54, 1.807) is 18.2 Å². The molecule has 0 saturated carbocycles. The fraction of sp³-hybridized carbons (Fsp3) is 0.533. The monoisotopic (exact) mass is 262 g/mol. The highest BCUT2D eigenvalue weighted by molar-refractivity contribution is 5.94. The lowest BCUT2D eigenvalue weighted by molar-refractivity contribution is 0.0646. The number of nitrogens with one attached hydrogen (secondary N) is 1. The van der Waals surface area contributed by atoms with Crippen molar-refractivity contribution in [3.8, 4) is 5.75 Å². The van der Waals surface area contributed by atoms with Crippen molar-refractivity contribution in [2.24, 2.45) is 5.92 Å². The van der Waals surface area contributed by atoms with Gasteiger partial charge in [-0.3, -0.25) is 4.79 Å². The molecule has 2 N–H and O–H groups in total. The van der Waals surface area contributed by atoms with Crippen molar-refractivity contribution in [2.45, 2.75) is 26.3 Å². The highest BCUT2D eigenvalue weighted by Gasteiger charge is 2.28. The predicted octanol–water partition coefficient (Wildman–Crippen LogP) is 1.85. The molecule has 1 saturated heterocycles. The van der Waals surface area contributed by atoms with E-state index >= 15 is 0 Å². The first-order chi connectivity index (χ1) is 9.11. The molecule has 4 nitrogen and oxygen atoms in total. The lowest BCUT2D eigenvalue weighted by atomic mass is 9.93. The molecule has 1 aromatic carbocycles. The maximum Gasteiger partial charge on any atom is 0.253 e. The molecular weight excluding hydrogens is 240 g/mol. The average molecular weight is 262 g/mol. The number of likely N-dealkylation sites (tertiary alicyclic amines) is 1. The number of carbonyl (C=O) groups is 1. The molecule has 0 aromatic heterocycles. The van der Waals surface area contributed by atoms with Gasteiger partial charge < -0.3 is 15.3 Å². The maximum absolute atomic E-state index is 12.4. The normalized spacial score (nSPS) is 23.4. The zero-order valence-electron chi connectivity index (χ0n) is 11.6. The van der Waals surface area contributed by atoms with Gasteiger partial charge in [0.2, 0.25) is 0 Å². The van der Waals surface area contributed by atoms with E-state index in [1.807, 2.05) is 4.90 Å². The molecule has 1 heterocycles. The summed E-state index contributed by atoms with van der Waals surface area (Å²) in [6.07, 6.45) is 0.986. The molecule has 0 radical (unpaired) electrons. The summed E-state index contributed by atoms with van der Waals surface area (Å²) in [4.78, 5) is 14.2. The third kappa shape index (κ3) is 3.26. The summed E-state index contributed by atoms with van der Waals surface area (Å²) in [6.45, 7) is 6.80. The Morgan fingerprint density at radius 1 is 1.53 bits per heavy atom. The Morgan fingerprint density at radius 3 is 2.95 bits per heavy atom. The molecule has 104 valence electrons. The van der Waals surface area contributed by atoms with Gasteiger partial charge in [-0.1, -0.05) is 19.9 Å². The van der Waals surface area contributed by atoms with Gasteiger partial charge in [-0.2, -0.15) is 0 Å². The van der Waals surface area contributed by atoms with E-state index in [-0.39, 0.29) is 11.7 Å². The van der Waals surface area contributed by atoms with Crippen molar-refractivity contribution in [3.05, 3.63) is 29.8 Å². The number of piperidine rings is 1. The van der Waals surface area contributed by atoms with Gasteiger partial charge in [0, 0.05) is 24.7 Å². The number of hydrogen-bond donors (Lipinski definition) is 2. The Labute approximate surface area is 114 Å². The zero-order chi connectivity index (χ0) is 13.8. The van der Waals surface area contributed by atoms with Crippen LogP contribution >= 0.6 is 0 Å². The molecule has 4 heteroatoms. The van der Waals surface area contributed by atoms with Crippen molar-refractivity contribution in [1.29, 1.82) is 0 Å². The van der Waals surface area contributed by atoms with E-state index in [4.69, 9.17) is 0 Å². The zero-order valence-corrected chi connectivity index (χ0v) is 11.6. The third-order valence-electron chi connectivity index (χ3n) is 3.75. The first kappa shape index (κ1) is 13.9. The molecule has 0 aliphatic carbocycles. The van der Waals surface area contributed by atoms with Crippen LogP contribution in [0.2, 0.25) is 0 Å². The number of phenolic OH excluding ortho intramolecular Hbond substituents is 1. The van der Waals surface area contributed by atoms with E-state index in [0.717, 1.165) is 26.1 Å². The van der Waals surface area contributed by atoms with Crippen molar-refractivity contribution < 1.29 is 9.90 Å². The van der Waals surface area contributed by atoms with Crippen molar-refractivity contribution in [1.82, 2.24) is 10.2 Å². The molecule has 2 atom stereocenters. The van der Waals surface area contributed by atoms with Crippen LogP contribution in [0.5, 0.6) is 5.75 Å². The van der Waals surface area contributed by atoms with Crippen LogP contribution < -0.4 is 5.32 Å². The molecule has 0 spiro atoms. The molecule has 0 bridgehead atoms. The number of aromatic hydroxyl groups is 1. The minimum absolute atomic E-state index is 0.0118. The van der Waals surface area contributed by atoms with Crippen LogP contribution in [0.15, 0.2) is 24.3 Å². The van der Waals surface area contributed by atoms with E-state index < -0.39 is 0 Å². The Hall–Kier alpha value is -1.55. The molecule has 2 unspecified atom stereocenters. The molecular formula is C15H22N2O2. The Kier molecular flexibility index (Phi) is 4.43. The van der Waals surface area contributed by atoms with Gasteiger partial charge in [0.15, 0.2) is 0 Å². The summed E-state index contributed by atoms with van der Waals surface area (Å²) >= 11 is 0. The molecule has 1 aromatic rings.